The van der Waals surface area contributed by atoms with Crippen molar-refractivity contribution in [2.75, 3.05) is 11.9 Å². The maximum absolute atomic E-state index is 8.95. The third-order valence-electron chi connectivity index (χ3n) is 1.68. The molecule has 0 bridgehead atoms. The number of halogens is 1. The van der Waals surface area contributed by atoms with E-state index in [4.69, 9.17) is 5.11 Å². The lowest BCUT2D eigenvalue weighted by Gasteiger charge is -2.09. The molecule has 0 saturated heterocycles. The molecule has 0 unspecified atom stereocenters. The molecule has 0 heterocycles. The number of benzene rings is 1. The fourth-order valence-corrected chi connectivity index (χ4v) is 1.55. The molecule has 0 aliphatic rings. The molecule has 0 aliphatic heterocycles. The van der Waals surface area contributed by atoms with Crippen molar-refractivity contribution in [1.29, 1.82) is 0 Å². The van der Waals surface area contributed by atoms with E-state index in [-0.39, 0.29) is 12.5 Å². The smallest absolute Gasteiger partial charge is 0.0507 e. The Labute approximate surface area is 75.2 Å². The second kappa shape index (κ2) is 4.52. The van der Waals surface area contributed by atoms with Crippen molar-refractivity contribution in [3.63, 3.8) is 0 Å². The van der Waals surface area contributed by atoms with Gasteiger partial charge in [0.1, 0.15) is 0 Å². The van der Waals surface area contributed by atoms with Crippen molar-refractivity contribution in [2.24, 2.45) is 0 Å². The van der Waals surface area contributed by atoms with Gasteiger partial charge in [-0.3, -0.25) is 0 Å². The molecule has 1 aromatic rings. The molecular formula is C9H11BrO. The van der Waals surface area contributed by atoms with Crippen LogP contribution in [0.1, 0.15) is 11.5 Å². The highest BCUT2D eigenvalue weighted by molar-refractivity contribution is 9.09. The van der Waals surface area contributed by atoms with E-state index in [9.17, 15) is 0 Å². The van der Waals surface area contributed by atoms with Gasteiger partial charge in [0.25, 0.3) is 0 Å². The predicted octanol–water partition coefficient (Wildman–Crippen LogP) is 2.16. The molecule has 2 heteroatoms. The van der Waals surface area contributed by atoms with E-state index in [1.807, 2.05) is 30.3 Å². The van der Waals surface area contributed by atoms with Gasteiger partial charge in [0.05, 0.1) is 6.61 Å². The number of aliphatic hydroxyl groups excluding tert-OH is 1. The average Bonchev–Trinajstić information content (AvgIpc) is 2.09. The van der Waals surface area contributed by atoms with Crippen molar-refractivity contribution in [3.8, 4) is 0 Å². The Morgan fingerprint density at radius 1 is 1.27 bits per heavy atom. The van der Waals surface area contributed by atoms with E-state index < -0.39 is 0 Å². The summed E-state index contributed by atoms with van der Waals surface area (Å²) in [5, 5.41) is 9.76. The maximum atomic E-state index is 8.95. The van der Waals surface area contributed by atoms with E-state index in [0.717, 1.165) is 5.33 Å². The Morgan fingerprint density at radius 2 is 1.91 bits per heavy atom. The topological polar surface area (TPSA) is 20.2 Å². The molecule has 1 N–H and O–H groups in total. The summed E-state index contributed by atoms with van der Waals surface area (Å²) in [5.74, 6) is 0.233. The highest BCUT2D eigenvalue weighted by atomic mass is 79.9. The number of hydrogen-bond acceptors (Lipinski definition) is 1. The van der Waals surface area contributed by atoms with E-state index in [0.29, 0.717) is 0 Å². The highest BCUT2D eigenvalue weighted by Gasteiger charge is 2.06. The van der Waals surface area contributed by atoms with E-state index in [2.05, 4.69) is 15.9 Å². The normalized spacial score (nSPS) is 12.9. The van der Waals surface area contributed by atoms with E-state index in [1.54, 1.807) is 0 Å². The third kappa shape index (κ3) is 2.31. The van der Waals surface area contributed by atoms with Gasteiger partial charge in [-0.05, 0) is 5.56 Å². The fourth-order valence-electron chi connectivity index (χ4n) is 0.968. The standard InChI is InChI=1S/C9H11BrO/c10-6-9(7-11)8-4-2-1-3-5-8/h1-5,9,11H,6-7H2/t9-/m0/s1. The molecule has 0 fully saturated rings. The Balaban J connectivity index is 2.74. The summed E-state index contributed by atoms with van der Waals surface area (Å²) in [5.41, 5.74) is 1.19. The minimum Gasteiger partial charge on any atom is -0.396 e. The monoisotopic (exact) mass is 214 g/mol. The second-order valence-electron chi connectivity index (χ2n) is 2.44. The zero-order chi connectivity index (χ0) is 8.10. The molecule has 1 aromatic carbocycles. The number of hydrogen-bond donors (Lipinski definition) is 1. The van der Waals surface area contributed by atoms with Crippen molar-refractivity contribution in [2.45, 2.75) is 5.92 Å². The summed E-state index contributed by atoms with van der Waals surface area (Å²) in [7, 11) is 0. The summed E-state index contributed by atoms with van der Waals surface area (Å²) in [6.45, 7) is 0.204. The van der Waals surface area contributed by atoms with Crippen molar-refractivity contribution >= 4 is 15.9 Å². The zero-order valence-electron chi connectivity index (χ0n) is 6.20. The van der Waals surface area contributed by atoms with Crippen LogP contribution in [-0.2, 0) is 0 Å². The van der Waals surface area contributed by atoms with Gasteiger partial charge >= 0.3 is 0 Å². The summed E-state index contributed by atoms with van der Waals surface area (Å²) >= 11 is 3.35. The molecule has 0 spiro atoms. The fraction of sp³-hybridized carbons (Fsp3) is 0.333. The lowest BCUT2D eigenvalue weighted by atomic mass is 10.0. The Morgan fingerprint density at radius 3 is 2.36 bits per heavy atom. The van der Waals surface area contributed by atoms with Crippen LogP contribution in [0, 0.1) is 0 Å². The molecule has 1 nitrogen and oxygen atoms in total. The van der Waals surface area contributed by atoms with Crippen LogP contribution in [0.4, 0.5) is 0 Å². The SMILES string of the molecule is OC[C@H](CBr)c1ccccc1. The molecule has 1 atom stereocenters. The summed E-state index contributed by atoms with van der Waals surface area (Å²) < 4.78 is 0. The first-order valence-electron chi connectivity index (χ1n) is 3.60. The van der Waals surface area contributed by atoms with Crippen LogP contribution in [-0.4, -0.2) is 17.0 Å². The minimum atomic E-state index is 0.204. The Hall–Kier alpha value is -0.340. The third-order valence-corrected chi connectivity index (χ3v) is 2.46. The first kappa shape index (κ1) is 8.75. The van der Waals surface area contributed by atoms with Gasteiger partial charge < -0.3 is 5.11 Å². The molecule has 0 saturated carbocycles. The van der Waals surface area contributed by atoms with Gasteiger partial charge in [-0.25, -0.2) is 0 Å². The van der Waals surface area contributed by atoms with Crippen LogP contribution in [0.5, 0.6) is 0 Å². The van der Waals surface area contributed by atoms with Crippen molar-refractivity contribution in [3.05, 3.63) is 35.9 Å². The van der Waals surface area contributed by atoms with Gasteiger partial charge in [0, 0.05) is 11.2 Å². The van der Waals surface area contributed by atoms with Crippen LogP contribution < -0.4 is 0 Å². The summed E-state index contributed by atoms with van der Waals surface area (Å²) in [6.07, 6.45) is 0. The first-order chi connectivity index (χ1) is 5.38. The molecule has 11 heavy (non-hydrogen) atoms. The minimum absolute atomic E-state index is 0.204. The van der Waals surface area contributed by atoms with E-state index in [1.165, 1.54) is 5.56 Å². The van der Waals surface area contributed by atoms with E-state index >= 15 is 0 Å². The zero-order valence-corrected chi connectivity index (χ0v) is 7.79. The van der Waals surface area contributed by atoms with Crippen LogP contribution in [0.15, 0.2) is 30.3 Å². The molecule has 0 radical (unpaired) electrons. The summed E-state index contributed by atoms with van der Waals surface area (Å²) in [4.78, 5) is 0. The van der Waals surface area contributed by atoms with Crippen molar-refractivity contribution in [1.82, 2.24) is 0 Å². The van der Waals surface area contributed by atoms with Crippen molar-refractivity contribution < 1.29 is 5.11 Å². The van der Waals surface area contributed by atoms with Gasteiger partial charge in [-0.2, -0.15) is 0 Å². The van der Waals surface area contributed by atoms with Gasteiger partial charge in [0.15, 0.2) is 0 Å². The number of rotatable bonds is 3. The van der Waals surface area contributed by atoms with Gasteiger partial charge in [-0.1, -0.05) is 46.3 Å². The van der Waals surface area contributed by atoms with Gasteiger partial charge in [0.2, 0.25) is 0 Å². The molecular weight excluding hydrogens is 204 g/mol. The lowest BCUT2D eigenvalue weighted by Crippen LogP contribution is -2.04. The van der Waals surface area contributed by atoms with Crippen LogP contribution in [0.25, 0.3) is 0 Å². The molecule has 0 amide bonds. The predicted molar refractivity (Wildman–Crippen MR) is 50.1 cm³/mol. The Kier molecular flexibility index (Phi) is 3.60. The molecule has 0 aromatic heterocycles. The lowest BCUT2D eigenvalue weighted by molar-refractivity contribution is 0.275. The molecule has 1 rings (SSSR count). The maximum Gasteiger partial charge on any atom is 0.0507 e. The van der Waals surface area contributed by atoms with Gasteiger partial charge in [-0.15, -0.1) is 0 Å². The highest BCUT2D eigenvalue weighted by Crippen LogP contribution is 2.16. The van der Waals surface area contributed by atoms with Crippen LogP contribution in [0.2, 0.25) is 0 Å². The first-order valence-corrected chi connectivity index (χ1v) is 4.72. The van der Waals surface area contributed by atoms with Crippen LogP contribution in [0.3, 0.4) is 0 Å². The quantitative estimate of drug-likeness (QED) is 0.766. The average molecular weight is 215 g/mol. The molecule has 60 valence electrons. The Bertz CT molecular complexity index is 194. The largest absolute Gasteiger partial charge is 0.396 e. The number of alkyl halides is 1. The summed E-state index contributed by atoms with van der Waals surface area (Å²) in [6, 6.07) is 10.0. The number of aliphatic hydroxyl groups is 1. The molecule has 0 aliphatic carbocycles. The van der Waals surface area contributed by atoms with Crippen LogP contribution >= 0.6 is 15.9 Å². The second-order valence-corrected chi connectivity index (χ2v) is 3.09.